The Morgan fingerprint density at radius 2 is 1.94 bits per heavy atom. The van der Waals surface area contributed by atoms with Crippen LogP contribution in [0.3, 0.4) is 0 Å². The zero-order valence-corrected chi connectivity index (χ0v) is 10.2. The van der Waals surface area contributed by atoms with Gasteiger partial charge in [-0.05, 0) is 18.4 Å². The van der Waals surface area contributed by atoms with Crippen molar-refractivity contribution in [2.24, 2.45) is 11.7 Å². The van der Waals surface area contributed by atoms with Gasteiger partial charge in [-0.25, -0.2) is 0 Å². The SMILES string of the molecule is CC(C)C[C@H](N)c1cccc(OC(F)(F)F)c1O. The van der Waals surface area contributed by atoms with Crippen molar-refractivity contribution in [2.75, 3.05) is 0 Å². The van der Waals surface area contributed by atoms with E-state index in [9.17, 15) is 18.3 Å². The molecule has 6 heteroatoms. The molecule has 0 aliphatic heterocycles. The van der Waals surface area contributed by atoms with Gasteiger partial charge in [0.1, 0.15) is 0 Å². The minimum Gasteiger partial charge on any atom is -0.504 e. The van der Waals surface area contributed by atoms with Crippen LogP contribution in [0, 0.1) is 5.92 Å². The lowest BCUT2D eigenvalue weighted by Crippen LogP contribution is -2.18. The first-order valence-corrected chi connectivity index (χ1v) is 5.54. The predicted molar refractivity (Wildman–Crippen MR) is 61.2 cm³/mol. The third-order valence-electron chi connectivity index (χ3n) is 2.38. The summed E-state index contributed by atoms with van der Waals surface area (Å²) in [4.78, 5) is 0. The van der Waals surface area contributed by atoms with Gasteiger partial charge >= 0.3 is 6.36 Å². The molecule has 0 saturated heterocycles. The summed E-state index contributed by atoms with van der Waals surface area (Å²) >= 11 is 0. The average Bonchev–Trinajstić information content (AvgIpc) is 2.18. The normalized spacial score (nSPS) is 13.7. The number of aromatic hydroxyl groups is 1. The number of phenolic OH excluding ortho intramolecular Hbond substituents is 1. The number of phenols is 1. The molecule has 0 heterocycles. The fourth-order valence-electron chi connectivity index (χ4n) is 1.68. The number of rotatable bonds is 4. The molecule has 0 spiro atoms. The maximum Gasteiger partial charge on any atom is 0.573 e. The van der Waals surface area contributed by atoms with E-state index in [1.807, 2.05) is 13.8 Å². The van der Waals surface area contributed by atoms with Crippen LogP contribution in [-0.2, 0) is 0 Å². The van der Waals surface area contributed by atoms with Crippen molar-refractivity contribution in [3.05, 3.63) is 23.8 Å². The van der Waals surface area contributed by atoms with Crippen LogP contribution in [0.1, 0.15) is 31.9 Å². The van der Waals surface area contributed by atoms with Gasteiger partial charge in [0.2, 0.25) is 0 Å². The average molecular weight is 263 g/mol. The first kappa shape index (κ1) is 14.6. The van der Waals surface area contributed by atoms with Crippen molar-refractivity contribution < 1.29 is 23.0 Å². The number of para-hydroxylation sites is 1. The summed E-state index contributed by atoms with van der Waals surface area (Å²) in [5, 5.41) is 9.73. The van der Waals surface area contributed by atoms with E-state index in [-0.39, 0.29) is 11.5 Å². The summed E-state index contributed by atoms with van der Waals surface area (Å²) in [6.07, 6.45) is -4.28. The monoisotopic (exact) mass is 263 g/mol. The third-order valence-corrected chi connectivity index (χ3v) is 2.38. The molecule has 0 amide bonds. The van der Waals surface area contributed by atoms with Gasteiger partial charge in [-0.3, -0.25) is 0 Å². The molecule has 3 N–H and O–H groups in total. The number of nitrogens with two attached hydrogens (primary N) is 1. The molecular formula is C12H16F3NO2. The summed E-state index contributed by atoms with van der Waals surface area (Å²) in [7, 11) is 0. The number of ether oxygens (including phenoxy) is 1. The zero-order valence-electron chi connectivity index (χ0n) is 10.2. The molecular weight excluding hydrogens is 247 g/mol. The summed E-state index contributed by atoms with van der Waals surface area (Å²) in [6, 6.07) is 3.39. The van der Waals surface area contributed by atoms with Crippen LogP contribution in [0.5, 0.6) is 11.5 Å². The van der Waals surface area contributed by atoms with Crippen LogP contribution in [0.4, 0.5) is 13.2 Å². The second kappa shape index (κ2) is 5.48. The molecule has 0 saturated carbocycles. The molecule has 0 aliphatic carbocycles. The van der Waals surface area contributed by atoms with Gasteiger partial charge in [0.05, 0.1) is 0 Å². The van der Waals surface area contributed by atoms with Crippen LogP contribution >= 0.6 is 0 Å². The van der Waals surface area contributed by atoms with E-state index in [1.54, 1.807) is 0 Å². The van der Waals surface area contributed by atoms with E-state index in [4.69, 9.17) is 5.73 Å². The maximum atomic E-state index is 12.1. The molecule has 0 aromatic heterocycles. The Morgan fingerprint density at radius 3 is 2.44 bits per heavy atom. The van der Waals surface area contributed by atoms with E-state index >= 15 is 0 Å². The second-order valence-electron chi connectivity index (χ2n) is 4.48. The summed E-state index contributed by atoms with van der Waals surface area (Å²) in [5.41, 5.74) is 6.09. The zero-order chi connectivity index (χ0) is 13.9. The lowest BCUT2D eigenvalue weighted by molar-refractivity contribution is -0.275. The largest absolute Gasteiger partial charge is 0.573 e. The van der Waals surface area contributed by atoms with Gasteiger partial charge in [-0.15, -0.1) is 13.2 Å². The molecule has 0 radical (unpaired) electrons. The molecule has 0 fully saturated rings. The first-order chi connectivity index (χ1) is 8.20. The van der Waals surface area contributed by atoms with Crippen molar-refractivity contribution in [1.82, 2.24) is 0 Å². The number of halogens is 3. The number of alkyl halides is 3. The molecule has 102 valence electrons. The predicted octanol–water partition coefficient (Wildman–Crippen LogP) is 3.34. The smallest absolute Gasteiger partial charge is 0.504 e. The van der Waals surface area contributed by atoms with E-state index in [0.717, 1.165) is 6.07 Å². The summed E-state index contributed by atoms with van der Waals surface area (Å²) in [5.74, 6) is -0.909. The van der Waals surface area contributed by atoms with E-state index in [0.29, 0.717) is 6.42 Å². The molecule has 1 aromatic rings. The quantitative estimate of drug-likeness (QED) is 0.876. The topological polar surface area (TPSA) is 55.5 Å². The van der Waals surface area contributed by atoms with Crippen LogP contribution in [-0.4, -0.2) is 11.5 Å². The lowest BCUT2D eigenvalue weighted by atomic mass is 9.97. The molecule has 1 atom stereocenters. The Kier molecular flexibility index (Phi) is 4.45. The Balaban J connectivity index is 2.98. The molecule has 3 nitrogen and oxygen atoms in total. The maximum absolute atomic E-state index is 12.1. The molecule has 18 heavy (non-hydrogen) atoms. The van der Waals surface area contributed by atoms with Gasteiger partial charge in [0, 0.05) is 11.6 Å². The molecule has 0 aliphatic rings. The lowest BCUT2D eigenvalue weighted by Gasteiger charge is -2.18. The first-order valence-electron chi connectivity index (χ1n) is 5.54. The van der Waals surface area contributed by atoms with Crippen molar-refractivity contribution in [1.29, 1.82) is 0 Å². The van der Waals surface area contributed by atoms with Crippen LogP contribution in [0.15, 0.2) is 18.2 Å². The van der Waals surface area contributed by atoms with E-state index < -0.39 is 23.9 Å². The number of benzene rings is 1. The molecule has 1 rings (SSSR count). The summed E-state index contributed by atoms with van der Waals surface area (Å²) < 4.78 is 40.0. The second-order valence-corrected chi connectivity index (χ2v) is 4.48. The molecule has 1 aromatic carbocycles. The minimum absolute atomic E-state index is 0.255. The van der Waals surface area contributed by atoms with E-state index in [1.165, 1.54) is 12.1 Å². The van der Waals surface area contributed by atoms with Crippen LogP contribution in [0.25, 0.3) is 0 Å². The van der Waals surface area contributed by atoms with Crippen molar-refractivity contribution in [3.8, 4) is 11.5 Å². The Bertz CT molecular complexity index is 405. The van der Waals surface area contributed by atoms with Crippen LogP contribution in [0.2, 0.25) is 0 Å². The van der Waals surface area contributed by atoms with Gasteiger partial charge in [-0.1, -0.05) is 26.0 Å². The van der Waals surface area contributed by atoms with Crippen molar-refractivity contribution >= 4 is 0 Å². The van der Waals surface area contributed by atoms with Crippen molar-refractivity contribution in [3.63, 3.8) is 0 Å². The minimum atomic E-state index is -4.84. The van der Waals surface area contributed by atoms with Gasteiger partial charge in [-0.2, -0.15) is 0 Å². The molecule has 0 bridgehead atoms. The standard InChI is InChI=1S/C12H16F3NO2/c1-7(2)6-9(16)8-4-3-5-10(11(8)17)18-12(13,14)15/h3-5,7,9,17H,6,16H2,1-2H3/t9-/m0/s1. The van der Waals surface area contributed by atoms with Crippen molar-refractivity contribution in [2.45, 2.75) is 32.7 Å². The fourth-order valence-corrected chi connectivity index (χ4v) is 1.68. The van der Waals surface area contributed by atoms with Gasteiger partial charge < -0.3 is 15.6 Å². The fraction of sp³-hybridized carbons (Fsp3) is 0.500. The van der Waals surface area contributed by atoms with Crippen LogP contribution < -0.4 is 10.5 Å². The van der Waals surface area contributed by atoms with Gasteiger partial charge in [0.15, 0.2) is 11.5 Å². The molecule has 0 unspecified atom stereocenters. The third kappa shape index (κ3) is 4.10. The number of hydrogen-bond acceptors (Lipinski definition) is 3. The highest BCUT2D eigenvalue weighted by Crippen LogP contribution is 2.37. The number of hydrogen-bond donors (Lipinski definition) is 2. The highest BCUT2D eigenvalue weighted by atomic mass is 19.4. The highest BCUT2D eigenvalue weighted by Gasteiger charge is 2.33. The van der Waals surface area contributed by atoms with Gasteiger partial charge in [0.25, 0.3) is 0 Å². The van der Waals surface area contributed by atoms with E-state index in [2.05, 4.69) is 4.74 Å². The Labute approximate surface area is 103 Å². The Morgan fingerprint density at radius 1 is 1.33 bits per heavy atom. The Hall–Kier alpha value is -1.43. The summed E-state index contributed by atoms with van der Waals surface area (Å²) in [6.45, 7) is 3.87. The highest BCUT2D eigenvalue weighted by molar-refractivity contribution is 5.46.